The van der Waals surface area contributed by atoms with E-state index in [2.05, 4.69) is 5.32 Å². The van der Waals surface area contributed by atoms with E-state index >= 15 is 0 Å². The molecule has 2 N–H and O–H groups in total. The van der Waals surface area contributed by atoms with Gasteiger partial charge in [0.15, 0.2) is 0 Å². The molecule has 0 aromatic carbocycles. The summed E-state index contributed by atoms with van der Waals surface area (Å²) in [5, 5.41) is 11.5. The zero-order valence-corrected chi connectivity index (χ0v) is 8.78. The lowest BCUT2D eigenvalue weighted by atomic mass is 10.1. The molecule has 0 aromatic rings. The van der Waals surface area contributed by atoms with E-state index in [9.17, 15) is 9.59 Å². The highest BCUT2D eigenvalue weighted by molar-refractivity contribution is 5.89. The predicted molar refractivity (Wildman–Crippen MR) is 51.7 cm³/mol. The fraction of sp³-hybridized carbons (Fsp3) is 0.800. The number of carboxylic acids is 1. The van der Waals surface area contributed by atoms with Crippen LogP contribution in [0, 0.1) is 17.8 Å². The van der Waals surface area contributed by atoms with Gasteiger partial charge in [-0.1, -0.05) is 13.8 Å². The molecule has 0 aliphatic heterocycles. The standard InChI is InChI=1S/C10H17NO3/c1-5(2)6(3)11-9(12)7-4-8(7)10(13)14/h5-8H,4H2,1-3H3,(H,11,12)(H,13,14)/t6?,7-,8+/m1/s1. The monoisotopic (exact) mass is 199 g/mol. The van der Waals surface area contributed by atoms with Gasteiger partial charge in [-0.2, -0.15) is 0 Å². The minimum absolute atomic E-state index is 0.109. The molecule has 1 amide bonds. The second kappa shape index (κ2) is 3.98. The summed E-state index contributed by atoms with van der Waals surface area (Å²) in [6, 6.07) is 0.109. The third kappa shape index (κ3) is 2.47. The first-order valence-corrected chi connectivity index (χ1v) is 4.96. The van der Waals surface area contributed by atoms with Crippen molar-refractivity contribution in [2.45, 2.75) is 33.2 Å². The fourth-order valence-corrected chi connectivity index (χ4v) is 1.26. The van der Waals surface area contributed by atoms with E-state index in [1.165, 1.54) is 0 Å². The Morgan fingerprint density at radius 3 is 2.21 bits per heavy atom. The van der Waals surface area contributed by atoms with Crippen LogP contribution < -0.4 is 5.32 Å². The van der Waals surface area contributed by atoms with Gasteiger partial charge in [0.25, 0.3) is 0 Å². The highest BCUT2D eigenvalue weighted by Crippen LogP contribution is 2.38. The first-order chi connectivity index (χ1) is 6.43. The normalized spacial score (nSPS) is 27.1. The predicted octanol–water partition coefficient (Wildman–Crippen LogP) is 0.868. The van der Waals surface area contributed by atoms with Gasteiger partial charge in [-0.3, -0.25) is 9.59 Å². The van der Waals surface area contributed by atoms with Crippen molar-refractivity contribution in [1.82, 2.24) is 5.32 Å². The third-order valence-corrected chi connectivity index (χ3v) is 2.81. The lowest BCUT2D eigenvalue weighted by Gasteiger charge is -2.17. The summed E-state index contributed by atoms with van der Waals surface area (Å²) >= 11 is 0. The molecule has 1 saturated carbocycles. The van der Waals surface area contributed by atoms with Gasteiger partial charge < -0.3 is 10.4 Å². The third-order valence-electron chi connectivity index (χ3n) is 2.81. The average molecular weight is 199 g/mol. The lowest BCUT2D eigenvalue weighted by molar-refractivity contribution is -0.140. The van der Waals surface area contributed by atoms with Crippen LogP contribution in [0.25, 0.3) is 0 Å². The first kappa shape index (κ1) is 11.0. The molecule has 80 valence electrons. The van der Waals surface area contributed by atoms with Gasteiger partial charge in [-0.05, 0) is 19.3 Å². The van der Waals surface area contributed by atoms with Crippen LogP contribution >= 0.6 is 0 Å². The summed E-state index contributed by atoms with van der Waals surface area (Å²) in [5.41, 5.74) is 0. The van der Waals surface area contributed by atoms with Crippen LogP contribution in [0.15, 0.2) is 0 Å². The van der Waals surface area contributed by atoms with Crippen LogP contribution in [0.1, 0.15) is 27.2 Å². The van der Waals surface area contributed by atoms with Crippen molar-refractivity contribution in [1.29, 1.82) is 0 Å². The molecule has 14 heavy (non-hydrogen) atoms. The molecule has 0 spiro atoms. The van der Waals surface area contributed by atoms with Gasteiger partial charge in [0.1, 0.15) is 0 Å². The molecule has 1 unspecified atom stereocenters. The highest BCUT2D eigenvalue weighted by atomic mass is 16.4. The molecular formula is C10H17NO3. The molecule has 0 radical (unpaired) electrons. The van der Waals surface area contributed by atoms with E-state index in [4.69, 9.17) is 5.11 Å². The van der Waals surface area contributed by atoms with E-state index in [0.717, 1.165) is 0 Å². The number of hydrogen-bond donors (Lipinski definition) is 2. The van der Waals surface area contributed by atoms with Gasteiger partial charge in [-0.15, -0.1) is 0 Å². The van der Waals surface area contributed by atoms with Crippen LogP contribution in [0.5, 0.6) is 0 Å². The Balaban J connectivity index is 2.35. The lowest BCUT2D eigenvalue weighted by Crippen LogP contribution is -2.37. The van der Waals surface area contributed by atoms with Crippen molar-refractivity contribution in [2.24, 2.45) is 17.8 Å². The molecule has 0 saturated heterocycles. The number of nitrogens with one attached hydrogen (secondary N) is 1. The maximum atomic E-state index is 11.5. The topological polar surface area (TPSA) is 66.4 Å². The summed E-state index contributed by atoms with van der Waals surface area (Å²) in [6.07, 6.45) is 0.492. The number of amides is 1. The Hall–Kier alpha value is -1.06. The Labute approximate surface area is 83.7 Å². The number of carbonyl (C=O) groups is 2. The fourth-order valence-electron chi connectivity index (χ4n) is 1.26. The summed E-state index contributed by atoms with van der Waals surface area (Å²) in [7, 11) is 0. The zero-order valence-electron chi connectivity index (χ0n) is 8.78. The second-order valence-corrected chi connectivity index (χ2v) is 4.33. The van der Waals surface area contributed by atoms with Crippen molar-refractivity contribution in [3.63, 3.8) is 0 Å². The molecule has 0 heterocycles. The minimum atomic E-state index is -0.859. The van der Waals surface area contributed by atoms with Gasteiger partial charge in [0.05, 0.1) is 11.8 Å². The number of carbonyl (C=O) groups excluding carboxylic acids is 1. The molecular weight excluding hydrogens is 182 g/mol. The molecule has 1 aliphatic carbocycles. The summed E-state index contributed by atoms with van der Waals surface area (Å²) < 4.78 is 0. The molecule has 0 aromatic heterocycles. The SMILES string of the molecule is CC(C)C(C)NC(=O)[C@@H]1C[C@@H]1C(=O)O. The average Bonchev–Trinajstić information content (AvgIpc) is 2.81. The Kier molecular flexibility index (Phi) is 3.13. The first-order valence-electron chi connectivity index (χ1n) is 4.96. The van der Waals surface area contributed by atoms with Crippen molar-refractivity contribution < 1.29 is 14.7 Å². The summed E-state index contributed by atoms with van der Waals surface area (Å²) in [5.74, 6) is -1.34. The van der Waals surface area contributed by atoms with Gasteiger partial charge in [0.2, 0.25) is 5.91 Å². The number of hydrogen-bond acceptors (Lipinski definition) is 2. The van der Waals surface area contributed by atoms with Crippen LogP contribution in [0.2, 0.25) is 0 Å². The molecule has 3 atom stereocenters. The Morgan fingerprint density at radius 2 is 1.86 bits per heavy atom. The van der Waals surface area contributed by atoms with Crippen LogP contribution in [-0.2, 0) is 9.59 Å². The smallest absolute Gasteiger partial charge is 0.307 e. The molecule has 1 rings (SSSR count). The van der Waals surface area contributed by atoms with E-state index in [-0.39, 0.29) is 17.9 Å². The van der Waals surface area contributed by atoms with E-state index < -0.39 is 11.9 Å². The van der Waals surface area contributed by atoms with Crippen molar-refractivity contribution >= 4 is 11.9 Å². The zero-order chi connectivity index (χ0) is 10.9. The quantitative estimate of drug-likeness (QED) is 0.706. The second-order valence-electron chi connectivity index (χ2n) is 4.33. The number of carboxylic acid groups (broad SMARTS) is 1. The van der Waals surface area contributed by atoms with Crippen molar-refractivity contribution in [3.8, 4) is 0 Å². The highest BCUT2D eigenvalue weighted by Gasteiger charge is 2.48. The van der Waals surface area contributed by atoms with E-state index in [1.807, 2.05) is 20.8 Å². The number of rotatable bonds is 4. The van der Waals surface area contributed by atoms with Gasteiger partial charge >= 0.3 is 5.97 Å². The molecule has 4 heteroatoms. The maximum absolute atomic E-state index is 11.5. The summed E-state index contributed by atoms with van der Waals surface area (Å²) in [4.78, 5) is 22.0. The van der Waals surface area contributed by atoms with Gasteiger partial charge in [-0.25, -0.2) is 0 Å². The van der Waals surface area contributed by atoms with E-state index in [1.54, 1.807) is 0 Å². The number of aliphatic carboxylic acids is 1. The van der Waals surface area contributed by atoms with Gasteiger partial charge in [0, 0.05) is 6.04 Å². The van der Waals surface area contributed by atoms with Crippen molar-refractivity contribution in [3.05, 3.63) is 0 Å². The molecule has 1 aliphatic rings. The Bertz CT molecular complexity index is 250. The molecule has 4 nitrogen and oxygen atoms in total. The largest absolute Gasteiger partial charge is 0.481 e. The molecule has 1 fully saturated rings. The Morgan fingerprint density at radius 1 is 1.29 bits per heavy atom. The maximum Gasteiger partial charge on any atom is 0.307 e. The minimum Gasteiger partial charge on any atom is -0.481 e. The van der Waals surface area contributed by atoms with E-state index in [0.29, 0.717) is 12.3 Å². The van der Waals surface area contributed by atoms with Crippen LogP contribution in [0.3, 0.4) is 0 Å². The molecule has 0 bridgehead atoms. The van der Waals surface area contributed by atoms with Crippen molar-refractivity contribution in [2.75, 3.05) is 0 Å². The van der Waals surface area contributed by atoms with Crippen LogP contribution in [0.4, 0.5) is 0 Å². The summed E-state index contributed by atoms with van der Waals surface area (Å²) in [6.45, 7) is 5.97. The van der Waals surface area contributed by atoms with Crippen LogP contribution in [-0.4, -0.2) is 23.0 Å².